The van der Waals surface area contributed by atoms with Crippen LogP contribution in [0.5, 0.6) is 0 Å². The minimum absolute atomic E-state index is 0.279. The topological polar surface area (TPSA) is 24.1 Å². The zero-order chi connectivity index (χ0) is 7.11. The van der Waals surface area contributed by atoms with Crippen molar-refractivity contribution < 1.29 is 0 Å². The maximum Gasteiger partial charge on any atom is 0.0710 e. The molecule has 0 unspecified atom stereocenters. The molecule has 0 heterocycles. The quantitative estimate of drug-likeness (QED) is 0.447. The summed E-state index contributed by atoms with van der Waals surface area (Å²) in [6, 6.07) is 0. The molecule has 0 aromatic carbocycles. The molecule has 2 nitrogen and oxygen atoms in total. The van der Waals surface area contributed by atoms with Gasteiger partial charge < -0.3 is 10.6 Å². The first-order chi connectivity index (χ1) is 4.35. The van der Waals surface area contributed by atoms with Gasteiger partial charge >= 0.3 is 0 Å². The fraction of sp³-hybridized carbons (Fsp3) is 1.00. The van der Waals surface area contributed by atoms with Gasteiger partial charge in [0.1, 0.15) is 0 Å². The van der Waals surface area contributed by atoms with Crippen molar-refractivity contribution in [3.05, 3.63) is 0 Å². The average molecular weight is 151 g/mol. The minimum atomic E-state index is 0.279. The number of hydrogen-bond acceptors (Lipinski definition) is 2. The van der Waals surface area contributed by atoms with E-state index in [0.29, 0.717) is 5.88 Å². The zero-order valence-corrected chi connectivity index (χ0v) is 6.83. The molecule has 0 aromatic rings. The Labute approximate surface area is 62.0 Å². The zero-order valence-electron chi connectivity index (χ0n) is 6.08. The highest BCUT2D eigenvalue weighted by atomic mass is 35.5. The average Bonchev–Trinajstić information content (AvgIpc) is 1.88. The van der Waals surface area contributed by atoms with E-state index in [4.69, 9.17) is 11.6 Å². The lowest BCUT2D eigenvalue weighted by Gasteiger charge is -2.14. The number of rotatable bonds is 5. The van der Waals surface area contributed by atoms with E-state index >= 15 is 0 Å². The summed E-state index contributed by atoms with van der Waals surface area (Å²) < 4.78 is 0. The van der Waals surface area contributed by atoms with Crippen LogP contribution < -0.4 is 10.6 Å². The molecule has 0 aliphatic carbocycles. The molecule has 0 saturated heterocycles. The van der Waals surface area contributed by atoms with Gasteiger partial charge in [-0.2, -0.15) is 0 Å². The van der Waals surface area contributed by atoms with E-state index in [0.717, 1.165) is 13.1 Å². The van der Waals surface area contributed by atoms with Crippen LogP contribution in [0.2, 0.25) is 0 Å². The molecule has 0 aliphatic heterocycles. The van der Waals surface area contributed by atoms with Crippen molar-refractivity contribution in [1.82, 2.24) is 10.6 Å². The molecular formula is C6H15ClN2. The van der Waals surface area contributed by atoms with Gasteiger partial charge in [0, 0.05) is 0 Å². The molecule has 0 amide bonds. The lowest BCUT2D eigenvalue weighted by molar-refractivity contribution is 0.482. The van der Waals surface area contributed by atoms with Gasteiger partial charge in [-0.3, -0.25) is 0 Å². The summed E-state index contributed by atoms with van der Waals surface area (Å²) in [4.78, 5) is 0. The van der Waals surface area contributed by atoms with Gasteiger partial charge in [-0.25, -0.2) is 0 Å². The molecular weight excluding hydrogens is 136 g/mol. The first-order valence-electron chi connectivity index (χ1n) is 3.37. The summed E-state index contributed by atoms with van der Waals surface area (Å²) in [6.45, 7) is 6.06. The molecule has 9 heavy (non-hydrogen) atoms. The van der Waals surface area contributed by atoms with Crippen LogP contribution in [0.3, 0.4) is 0 Å². The molecule has 56 valence electrons. The molecule has 0 saturated carbocycles. The number of hydrogen-bond donors (Lipinski definition) is 2. The van der Waals surface area contributed by atoms with Crippen LogP contribution in [0.15, 0.2) is 0 Å². The van der Waals surface area contributed by atoms with Crippen LogP contribution in [0.25, 0.3) is 0 Å². The van der Waals surface area contributed by atoms with Crippen LogP contribution in [-0.2, 0) is 0 Å². The van der Waals surface area contributed by atoms with Gasteiger partial charge in [0.25, 0.3) is 0 Å². The second-order valence-corrected chi connectivity index (χ2v) is 2.13. The van der Waals surface area contributed by atoms with Gasteiger partial charge in [-0.15, -0.1) is 11.6 Å². The summed E-state index contributed by atoms with van der Waals surface area (Å²) in [5.74, 6) is 0.627. The monoisotopic (exact) mass is 150 g/mol. The van der Waals surface area contributed by atoms with Crippen LogP contribution in [0, 0.1) is 0 Å². The Bertz CT molecular complexity index is 53.0. The fourth-order valence-electron chi connectivity index (χ4n) is 0.674. The number of halogens is 1. The van der Waals surface area contributed by atoms with Crippen molar-refractivity contribution in [2.75, 3.05) is 19.0 Å². The second-order valence-electron chi connectivity index (χ2n) is 1.82. The Morgan fingerprint density at radius 3 is 1.89 bits per heavy atom. The van der Waals surface area contributed by atoms with Crippen LogP contribution in [0.4, 0.5) is 0 Å². The van der Waals surface area contributed by atoms with Crippen molar-refractivity contribution >= 4 is 11.6 Å². The van der Waals surface area contributed by atoms with Gasteiger partial charge in [0.2, 0.25) is 0 Å². The summed E-state index contributed by atoms with van der Waals surface area (Å²) in [7, 11) is 0. The standard InChI is InChI=1S/C6H15ClN2/c1-3-8-6(5-7)9-4-2/h6,8-9H,3-5H2,1-2H3. The Morgan fingerprint density at radius 1 is 1.22 bits per heavy atom. The predicted octanol–water partition coefficient (Wildman–Crippen LogP) is 0.770. The molecule has 0 spiro atoms. The van der Waals surface area contributed by atoms with E-state index in [2.05, 4.69) is 24.5 Å². The Morgan fingerprint density at radius 2 is 1.67 bits per heavy atom. The Kier molecular flexibility index (Phi) is 6.48. The molecule has 0 aliphatic rings. The maximum atomic E-state index is 5.60. The van der Waals surface area contributed by atoms with Crippen molar-refractivity contribution in [2.45, 2.75) is 20.0 Å². The van der Waals surface area contributed by atoms with Crippen molar-refractivity contribution in [3.8, 4) is 0 Å². The molecule has 0 aromatic heterocycles. The van der Waals surface area contributed by atoms with Crippen molar-refractivity contribution in [2.24, 2.45) is 0 Å². The third kappa shape index (κ3) is 4.70. The molecule has 0 fully saturated rings. The van der Waals surface area contributed by atoms with Crippen LogP contribution in [0.1, 0.15) is 13.8 Å². The molecule has 0 bridgehead atoms. The highest BCUT2D eigenvalue weighted by Gasteiger charge is 1.99. The van der Waals surface area contributed by atoms with E-state index in [9.17, 15) is 0 Å². The van der Waals surface area contributed by atoms with Gasteiger partial charge in [0.05, 0.1) is 12.0 Å². The molecule has 0 atom stereocenters. The normalized spacial score (nSPS) is 10.7. The van der Waals surface area contributed by atoms with Crippen LogP contribution >= 0.6 is 11.6 Å². The largest absolute Gasteiger partial charge is 0.301 e. The molecule has 3 heteroatoms. The fourth-order valence-corrected chi connectivity index (χ4v) is 0.892. The minimum Gasteiger partial charge on any atom is -0.301 e. The van der Waals surface area contributed by atoms with Gasteiger partial charge in [-0.05, 0) is 13.1 Å². The maximum absolute atomic E-state index is 5.60. The van der Waals surface area contributed by atoms with Gasteiger partial charge in [-0.1, -0.05) is 13.8 Å². The van der Waals surface area contributed by atoms with Gasteiger partial charge in [0.15, 0.2) is 0 Å². The summed E-state index contributed by atoms with van der Waals surface area (Å²) in [5.41, 5.74) is 0. The first kappa shape index (κ1) is 9.21. The predicted molar refractivity (Wildman–Crippen MR) is 41.9 cm³/mol. The summed E-state index contributed by atoms with van der Waals surface area (Å²) in [6.07, 6.45) is 0.279. The van der Waals surface area contributed by atoms with E-state index < -0.39 is 0 Å². The Balaban J connectivity index is 3.18. The van der Waals surface area contributed by atoms with Crippen molar-refractivity contribution in [1.29, 1.82) is 0 Å². The lowest BCUT2D eigenvalue weighted by Crippen LogP contribution is -2.43. The van der Waals surface area contributed by atoms with Crippen LogP contribution in [-0.4, -0.2) is 25.1 Å². The van der Waals surface area contributed by atoms with E-state index in [1.54, 1.807) is 0 Å². The van der Waals surface area contributed by atoms with E-state index in [1.165, 1.54) is 0 Å². The van der Waals surface area contributed by atoms with E-state index in [1.807, 2.05) is 0 Å². The Hall–Kier alpha value is 0.210. The molecule has 0 radical (unpaired) electrons. The van der Waals surface area contributed by atoms with E-state index in [-0.39, 0.29) is 6.17 Å². The van der Waals surface area contributed by atoms with Crippen molar-refractivity contribution in [3.63, 3.8) is 0 Å². The lowest BCUT2D eigenvalue weighted by atomic mass is 10.5. The second kappa shape index (κ2) is 6.33. The molecule has 2 N–H and O–H groups in total. The third-order valence-corrected chi connectivity index (χ3v) is 1.36. The summed E-state index contributed by atoms with van der Waals surface area (Å²) >= 11 is 5.60. The number of alkyl halides is 1. The highest BCUT2D eigenvalue weighted by molar-refractivity contribution is 6.18. The first-order valence-corrected chi connectivity index (χ1v) is 3.91. The SMILES string of the molecule is CCNC(CCl)NCC. The third-order valence-electron chi connectivity index (χ3n) is 1.06. The smallest absolute Gasteiger partial charge is 0.0710 e. The highest BCUT2D eigenvalue weighted by Crippen LogP contribution is 1.81. The summed E-state index contributed by atoms with van der Waals surface area (Å²) in [5, 5.41) is 6.38. The number of nitrogens with one attached hydrogen (secondary N) is 2. The molecule has 0 rings (SSSR count).